The summed E-state index contributed by atoms with van der Waals surface area (Å²) in [6.07, 6.45) is -4.79. The summed E-state index contributed by atoms with van der Waals surface area (Å²) >= 11 is 0. The number of aliphatic hydroxyl groups is 1. The number of ether oxygens (including phenoxy) is 2. The van der Waals surface area contributed by atoms with Crippen LogP contribution in [0.2, 0.25) is 0 Å². The second-order valence-electron chi connectivity index (χ2n) is 6.97. The van der Waals surface area contributed by atoms with Crippen molar-refractivity contribution < 1.29 is 27.8 Å². The summed E-state index contributed by atoms with van der Waals surface area (Å²) in [6, 6.07) is 14.3. The third kappa shape index (κ3) is 6.74. The SMILES string of the molecule is COc1cccc(CNc2cc(-c3cccc(OC(F)(F)F)c3)nc(N[C@H](C)CO)n2)c1. The lowest BCUT2D eigenvalue weighted by atomic mass is 10.1. The maximum absolute atomic E-state index is 12.6. The van der Waals surface area contributed by atoms with Crippen molar-refractivity contribution in [1.29, 1.82) is 0 Å². The number of hydrogen-bond donors (Lipinski definition) is 3. The number of rotatable bonds is 9. The number of anilines is 2. The van der Waals surface area contributed by atoms with Gasteiger partial charge in [0.25, 0.3) is 0 Å². The third-order valence-electron chi connectivity index (χ3n) is 4.35. The second-order valence-corrected chi connectivity index (χ2v) is 6.97. The monoisotopic (exact) mass is 448 g/mol. The van der Waals surface area contributed by atoms with Crippen LogP contribution in [-0.2, 0) is 6.54 Å². The number of hydrogen-bond acceptors (Lipinski definition) is 7. The highest BCUT2D eigenvalue weighted by molar-refractivity contribution is 5.66. The summed E-state index contributed by atoms with van der Waals surface area (Å²) in [5.74, 6) is 1.04. The molecule has 3 aromatic rings. The molecule has 0 saturated heterocycles. The minimum absolute atomic E-state index is 0.144. The molecule has 0 saturated carbocycles. The molecule has 0 unspecified atom stereocenters. The van der Waals surface area contributed by atoms with E-state index in [1.165, 1.54) is 18.2 Å². The van der Waals surface area contributed by atoms with Crippen molar-refractivity contribution in [2.45, 2.75) is 25.9 Å². The summed E-state index contributed by atoms with van der Waals surface area (Å²) < 4.78 is 47.0. The van der Waals surface area contributed by atoms with Gasteiger partial charge in [-0.3, -0.25) is 0 Å². The van der Waals surface area contributed by atoms with Crippen molar-refractivity contribution in [3.63, 3.8) is 0 Å². The minimum Gasteiger partial charge on any atom is -0.497 e. The number of alkyl halides is 3. The van der Waals surface area contributed by atoms with Gasteiger partial charge in [-0.25, -0.2) is 4.98 Å². The first-order valence-corrected chi connectivity index (χ1v) is 9.75. The molecule has 3 rings (SSSR count). The van der Waals surface area contributed by atoms with E-state index < -0.39 is 6.36 Å². The predicted octanol–water partition coefficient (Wildman–Crippen LogP) is 4.46. The zero-order valence-corrected chi connectivity index (χ0v) is 17.5. The van der Waals surface area contributed by atoms with E-state index in [4.69, 9.17) is 4.74 Å². The molecule has 32 heavy (non-hydrogen) atoms. The Labute approximate surface area is 183 Å². The van der Waals surface area contributed by atoms with Gasteiger partial charge in [-0.1, -0.05) is 24.3 Å². The normalized spacial score (nSPS) is 12.2. The van der Waals surface area contributed by atoms with Crippen LogP contribution in [-0.4, -0.2) is 41.2 Å². The van der Waals surface area contributed by atoms with Gasteiger partial charge in [-0.2, -0.15) is 4.98 Å². The van der Waals surface area contributed by atoms with Gasteiger partial charge in [0.05, 0.1) is 19.4 Å². The van der Waals surface area contributed by atoms with E-state index in [-0.39, 0.29) is 24.3 Å². The number of aromatic nitrogens is 2. The van der Waals surface area contributed by atoms with E-state index in [2.05, 4.69) is 25.3 Å². The number of nitrogens with one attached hydrogen (secondary N) is 2. The Kier molecular flexibility index (Phi) is 7.37. The molecule has 0 radical (unpaired) electrons. The van der Waals surface area contributed by atoms with Crippen LogP contribution in [0.15, 0.2) is 54.6 Å². The Morgan fingerprint density at radius 1 is 1.03 bits per heavy atom. The zero-order chi connectivity index (χ0) is 23.1. The van der Waals surface area contributed by atoms with Crippen LogP contribution in [0.4, 0.5) is 24.9 Å². The molecule has 0 aliphatic rings. The molecule has 1 atom stereocenters. The summed E-state index contributed by atoms with van der Waals surface area (Å²) in [4.78, 5) is 8.78. The van der Waals surface area contributed by atoms with Crippen LogP contribution in [0, 0.1) is 0 Å². The van der Waals surface area contributed by atoms with Crippen LogP contribution >= 0.6 is 0 Å². The molecule has 0 fully saturated rings. The van der Waals surface area contributed by atoms with Crippen LogP contribution in [0.5, 0.6) is 11.5 Å². The minimum atomic E-state index is -4.79. The Bertz CT molecular complexity index is 1050. The smallest absolute Gasteiger partial charge is 0.497 e. The standard InChI is InChI=1S/C22H23F3N4O3/c1-14(13-30)27-21-28-19(16-6-4-8-18(10-16)32-22(23,24)25)11-20(29-21)26-12-15-5-3-7-17(9-15)31-2/h3-11,14,30H,12-13H2,1-2H3,(H2,26,27,28,29)/t14-/m1/s1. The molecule has 7 nitrogen and oxygen atoms in total. The van der Waals surface area contributed by atoms with Crippen LogP contribution in [0.25, 0.3) is 11.3 Å². The van der Waals surface area contributed by atoms with Crippen LogP contribution in [0.1, 0.15) is 12.5 Å². The van der Waals surface area contributed by atoms with Gasteiger partial charge >= 0.3 is 6.36 Å². The number of halogens is 3. The molecule has 0 spiro atoms. The number of aliphatic hydroxyl groups excluding tert-OH is 1. The summed E-state index contributed by atoms with van der Waals surface area (Å²) in [6.45, 7) is 2.03. The van der Waals surface area contributed by atoms with Gasteiger partial charge in [0.15, 0.2) is 0 Å². The molecule has 2 aromatic carbocycles. The lowest BCUT2D eigenvalue weighted by Crippen LogP contribution is -2.21. The molecule has 170 valence electrons. The highest BCUT2D eigenvalue weighted by atomic mass is 19.4. The number of benzene rings is 2. The van der Waals surface area contributed by atoms with E-state index in [1.807, 2.05) is 24.3 Å². The largest absolute Gasteiger partial charge is 0.573 e. The molecule has 0 aliphatic carbocycles. The lowest BCUT2D eigenvalue weighted by molar-refractivity contribution is -0.274. The van der Waals surface area contributed by atoms with Crippen LogP contribution < -0.4 is 20.1 Å². The number of nitrogens with zero attached hydrogens (tertiary/aromatic N) is 2. The highest BCUT2D eigenvalue weighted by Gasteiger charge is 2.31. The molecule has 3 N–H and O–H groups in total. The van der Waals surface area contributed by atoms with E-state index in [9.17, 15) is 18.3 Å². The fourth-order valence-electron chi connectivity index (χ4n) is 2.84. The Morgan fingerprint density at radius 3 is 2.50 bits per heavy atom. The van der Waals surface area contributed by atoms with Crippen molar-refractivity contribution in [2.75, 3.05) is 24.4 Å². The molecule has 1 aromatic heterocycles. The Morgan fingerprint density at radius 2 is 1.78 bits per heavy atom. The van der Waals surface area contributed by atoms with Gasteiger partial charge in [-0.15, -0.1) is 13.2 Å². The average Bonchev–Trinajstić information content (AvgIpc) is 2.76. The van der Waals surface area contributed by atoms with Gasteiger partial charge in [0.1, 0.15) is 17.3 Å². The molecule has 0 aliphatic heterocycles. The molecule has 0 amide bonds. The fourth-order valence-corrected chi connectivity index (χ4v) is 2.84. The maximum Gasteiger partial charge on any atom is 0.573 e. The zero-order valence-electron chi connectivity index (χ0n) is 17.5. The topological polar surface area (TPSA) is 88.5 Å². The third-order valence-corrected chi connectivity index (χ3v) is 4.35. The lowest BCUT2D eigenvalue weighted by Gasteiger charge is -2.15. The van der Waals surface area contributed by atoms with Crippen LogP contribution in [0.3, 0.4) is 0 Å². The first-order valence-electron chi connectivity index (χ1n) is 9.75. The molecular weight excluding hydrogens is 425 g/mol. The fraction of sp³-hybridized carbons (Fsp3) is 0.273. The summed E-state index contributed by atoms with van der Waals surface area (Å²) in [5, 5.41) is 15.5. The number of methoxy groups -OCH3 is 1. The summed E-state index contributed by atoms with van der Waals surface area (Å²) in [5.41, 5.74) is 1.75. The Hall–Kier alpha value is -3.53. The van der Waals surface area contributed by atoms with E-state index >= 15 is 0 Å². The molecular formula is C22H23F3N4O3. The van der Waals surface area contributed by atoms with Crippen molar-refractivity contribution in [3.8, 4) is 22.8 Å². The predicted molar refractivity (Wildman–Crippen MR) is 115 cm³/mol. The quantitative estimate of drug-likeness (QED) is 0.446. The first kappa shape index (κ1) is 23.1. The van der Waals surface area contributed by atoms with Crippen molar-refractivity contribution in [1.82, 2.24) is 9.97 Å². The van der Waals surface area contributed by atoms with Crippen molar-refractivity contribution >= 4 is 11.8 Å². The second kappa shape index (κ2) is 10.2. The van der Waals surface area contributed by atoms with Gasteiger partial charge in [-0.05, 0) is 36.8 Å². The average molecular weight is 448 g/mol. The molecule has 1 heterocycles. The van der Waals surface area contributed by atoms with E-state index in [1.54, 1.807) is 26.2 Å². The van der Waals surface area contributed by atoms with Gasteiger partial charge in [0, 0.05) is 24.2 Å². The maximum atomic E-state index is 12.6. The first-order chi connectivity index (χ1) is 15.3. The molecule has 10 heteroatoms. The Balaban J connectivity index is 1.90. The van der Waals surface area contributed by atoms with Crippen molar-refractivity contribution in [3.05, 3.63) is 60.2 Å². The highest BCUT2D eigenvalue weighted by Crippen LogP contribution is 2.29. The van der Waals surface area contributed by atoms with Gasteiger partial charge in [0.2, 0.25) is 5.95 Å². The van der Waals surface area contributed by atoms with E-state index in [0.29, 0.717) is 29.4 Å². The van der Waals surface area contributed by atoms with Crippen molar-refractivity contribution in [2.24, 2.45) is 0 Å². The summed E-state index contributed by atoms with van der Waals surface area (Å²) in [7, 11) is 1.58. The molecule has 0 bridgehead atoms. The van der Waals surface area contributed by atoms with Gasteiger partial charge < -0.3 is 25.2 Å². The van der Waals surface area contributed by atoms with E-state index in [0.717, 1.165) is 5.56 Å².